The third-order valence-electron chi connectivity index (χ3n) is 13.4. The number of hydrogen-bond donors (Lipinski definition) is 1. The number of phenolic OH excluding ortho intramolecular Hbond substituents is 1. The van der Waals surface area contributed by atoms with Crippen LogP contribution in [-0.2, 0) is 42.7 Å². The molecule has 0 amide bonds. The van der Waals surface area contributed by atoms with Crippen molar-refractivity contribution in [2.45, 2.75) is 125 Å². The minimum absolute atomic E-state index is 0. The number of imidazole rings is 1. The van der Waals surface area contributed by atoms with Gasteiger partial charge < -0.3 is 5.11 Å². The Bertz CT molecular complexity index is 3600. The van der Waals surface area contributed by atoms with Gasteiger partial charge in [0.1, 0.15) is 11.6 Å². The summed E-state index contributed by atoms with van der Waals surface area (Å²) in [4.78, 5) is 10.1. The van der Waals surface area contributed by atoms with Gasteiger partial charge in [-0.05, 0) is 92.1 Å². The fourth-order valence-electron chi connectivity index (χ4n) is 8.24. The molecule has 67 heavy (non-hydrogen) atoms. The first-order chi connectivity index (χ1) is 35.0. The number of aromatic hydroxyl groups is 1. The zero-order valence-electron chi connectivity index (χ0n) is 51.3. The summed E-state index contributed by atoms with van der Waals surface area (Å²) < 4.78 is 88.6. The minimum atomic E-state index is -2.97. The molecule has 5 heteroatoms. The van der Waals surface area contributed by atoms with Crippen LogP contribution >= 0.6 is 0 Å². The number of aromatic nitrogens is 3. The van der Waals surface area contributed by atoms with Crippen molar-refractivity contribution >= 4 is 11.0 Å². The smallest absolute Gasteiger partial charge is 0.148 e. The van der Waals surface area contributed by atoms with E-state index in [4.69, 9.17) is 17.3 Å². The van der Waals surface area contributed by atoms with Gasteiger partial charge in [-0.25, -0.2) is 4.98 Å². The molecular formula is C62H68N3OPt-. The third-order valence-corrected chi connectivity index (χ3v) is 13.4. The van der Waals surface area contributed by atoms with E-state index in [2.05, 4.69) is 128 Å². The quantitative estimate of drug-likeness (QED) is 0.162. The zero-order valence-corrected chi connectivity index (χ0v) is 43.5. The first-order valence-electron chi connectivity index (χ1n) is 27.7. The van der Waals surface area contributed by atoms with E-state index in [9.17, 15) is 6.48 Å². The van der Waals surface area contributed by atoms with Crippen molar-refractivity contribution in [1.82, 2.24) is 14.5 Å². The summed E-state index contributed by atoms with van der Waals surface area (Å²) in [7, 11) is 0. The maximum Gasteiger partial charge on any atom is 0.148 e. The van der Waals surface area contributed by atoms with Crippen LogP contribution in [0.15, 0.2) is 133 Å². The standard InChI is InChI=1S/C62H68N3O.Pt/c1-39-24-26-40(27-25-39)42-30-31-63-52(35-42)44-32-43(33-46(34-44)58(2,3)4)48-22-19-23-54-55(48)64-57(50-37-47(59(5,6)7)38-51(56(50)66)60(8,9)10)65(54)53-29-28-45(62(14,15)61(11,12)13)36-49(53)41-20-17-16-18-21-41;/h16-31,33-38,66H,1-15H3;/q-1;/i1D3,24D,25D,26D,27D,30D,31D,35D;. The van der Waals surface area contributed by atoms with Gasteiger partial charge in [-0.2, -0.15) is 0 Å². The molecule has 0 fully saturated rings. The molecule has 6 aromatic carbocycles. The van der Waals surface area contributed by atoms with E-state index in [1.165, 1.54) is 0 Å². The van der Waals surface area contributed by atoms with Gasteiger partial charge in [-0.1, -0.05) is 198 Å². The Balaban J connectivity index is 0.00000861. The van der Waals surface area contributed by atoms with Gasteiger partial charge in [0, 0.05) is 48.2 Å². The van der Waals surface area contributed by atoms with Crippen molar-refractivity contribution in [3.05, 3.63) is 167 Å². The molecule has 0 saturated carbocycles. The SMILES string of the molecule is [2H]c1nc(-c2[c-]c(-c3cccc4c3nc(-c3cc(C(C)(C)C)cc(C(C)(C)C)c3O)n4-c3ccc(C(C)(C)C(C)(C)C)cc3-c3ccccc3)cc(C(C)(C)C)c2)c([2H])c(-c2c([2H])c([2H])c(C([2H])([2H])[2H])c([2H])c2[2H])c1[2H].[Pt]. The fourth-order valence-corrected chi connectivity index (χ4v) is 8.24. The number of fused-ring (bicyclic) bond motifs is 1. The Hall–Kier alpha value is -5.57. The number of phenols is 1. The summed E-state index contributed by atoms with van der Waals surface area (Å²) in [6, 6.07) is 30.1. The normalized spacial score (nSPS) is 15.0. The molecule has 0 aliphatic heterocycles. The van der Waals surface area contributed by atoms with Gasteiger partial charge in [-0.3, -0.25) is 9.55 Å². The number of pyridine rings is 1. The van der Waals surface area contributed by atoms with E-state index >= 15 is 0 Å². The van der Waals surface area contributed by atoms with Crippen LogP contribution in [0.5, 0.6) is 5.75 Å². The second-order valence-corrected chi connectivity index (χ2v) is 22.2. The average molecular weight is 1080 g/mol. The van der Waals surface area contributed by atoms with E-state index in [-0.39, 0.29) is 59.9 Å². The molecule has 0 atom stereocenters. The van der Waals surface area contributed by atoms with Gasteiger partial charge in [0.2, 0.25) is 0 Å². The topological polar surface area (TPSA) is 50.9 Å². The van der Waals surface area contributed by atoms with Gasteiger partial charge in [-0.15, -0.1) is 29.3 Å². The predicted molar refractivity (Wildman–Crippen MR) is 280 cm³/mol. The molecule has 0 aliphatic carbocycles. The largest absolute Gasteiger partial charge is 0.507 e. The van der Waals surface area contributed by atoms with Gasteiger partial charge in [0.25, 0.3) is 0 Å². The number of nitrogens with zero attached hydrogens (tertiary/aromatic N) is 3. The Morgan fingerprint density at radius 3 is 1.87 bits per heavy atom. The van der Waals surface area contributed by atoms with Crippen molar-refractivity contribution in [3.63, 3.8) is 0 Å². The zero-order chi connectivity index (χ0) is 56.3. The van der Waals surface area contributed by atoms with Crippen LogP contribution in [0.4, 0.5) is 0 Å². The Kier molecular flexibility index (Phi) is 9.95. The summed E-state index contributed by atoms with van der Waals surface area (Å²) in [6.45, 7) is 27.2. The molecule has 8 rings (SSSR count). The molecule has 8 aromatic rings. The van der Waals surface area contributed by atoms with Gasteiger partial charge in [0.05, 0.1) is 31.9 Å². The van der Waals surface area contributed by atoms with Crippen LogP contribution in [-0.4, -0.2) is 19.6 Å². The molecule has 0 bridgehead atoms. The Morgan fingerprint density at radius 1 is 0.597 bits per heavy atom. The average Bonchev–Trinajstić information content (AvgIpc) is 3.71. The molecule has 0 radical (unpaired) electrons. The summed E-state index contributed by atoms with van der Waals surface area (Å²) >= 11 is 0. The van der Waals surface area contributed by atoms with Crippen LogP contribution in [0, 0.1) is 18.3 Å². The maximum absolute atomic E-state index is 12.7. The molecule has 0 unspecified atom stereocenters. The molecular weight excluding hydrogens is 998 g/mol. The molecule has 0 saturated heterocycles. The van der Waals surface area contributed by atoms with Crippen LogP contribution in [0.1, 0.15) is 138 Å². The summed E-state index contributed by atoms with van der Waals surface area (Å²) in [5.74, 6) is 0.635. The van der Waals surface area contributed by atoms with E-state index in [1.54, 1.807) is 0 Å². The first kappa shape index (κ1) is 37.4. The van der Waals surface area contributed by atoms with Crippen LogP contribution < -0.4 is 0 Å². The second-order valence-electron chi connectivity index (χ2n) is 22.2. The summed E-state index contributed by atoms with van der Waals surface area (Å²) in [6.07, 6.45) is -0.586. The second kappa shape index (κ2) is 17.8. The number of rotatable bonds is 7. The maximum atomic E-state index is 12.7. The molecule has 0 spiro atoms. The molecule has 348 valence electrons. The molecule has 2 heterocycles. The van der Waals surface area contributed by atoms with Crippen molar-refractivity contribution in [2.75, 3.05) is 0 Å². The van der Waals surface area contributed by atoms with Crippen LogP contribution in [0.25, 0.3) is 72.7 Å². The van der Waals surface area contributed by atoms with E-state index in [0.29, 0.717) is 28.0 Å². The summed E-state index contributed by atoms with van der Waals surface area (Å²) in [5, 5.41) is 12.7. The Morgan fingerprint density at radius 2 is 1.24 bits per heavy atom. The van der Waals surface area contributed by atoms with Crippen LogP contribution in [0.2, 0.25) is 0 Å². The third kappa shape index (κ3) is 9.62. The van der Waals surface area contributed by atoms with E-state index < -0.39 is 71.2 Å². The monoisotopic (exact) mass is 1080 g/mol. The van der Waals surface area contributed by atoms with Crippen molar-refractivity contribution in [1.29, 1.82) is 0 Å². The summed E-state index contributed by atoms with van der Waals surface area (Å²) in [5.41, 5.74) is 6.63. The predicted octanol–water partition coefficient (Wildman–Crippen LogP) is 16.8. The number of hydrogen-bond acceptors (Lipinski definition) is 3. The minimum Gasteiger partial charge on any atom is -0.507 e. The van der Waals surface area contributed by atoms with E-state index in [0.717, 1.165) is 44.6 Å². The molecule has 0 aliphatic rings. The number of para-hydroxylation sites is 1. The molecule has 1 N–H and O–H groups in total. The van der Waals surface area contributed by atoms with E-state index in [1.807, 2.05) is 75.4 Å². The van der Waals surface area contributed by atoms with Gasteiger partial charge in [0.15, 0.2) is 0 Å². The molecule has 2 aromatic heterocycles. The van der Waals surface area contributed by atoms with Crippen LogP contribution in [0.3, 0.4) is 0 Å². The van der Waals surface area contributed by atoms with Gasteiger partial charge >= 0.3 is 0 Å². The fraction of sp³-hybridized carbons (Fsp3) is 0.323. The first-order valence-corrected chi connectivity index (χ1v) is 22.7. The van der Waals surface area contributed by atoms with Crippen molar-refractivity contribution < 1.29 is 39.9 Å². The Labute approximate surface area is 429 Å². The number of benzene rings is 6. The van der Waals surface area contributed by atoms with Crippen molar-refractivity contribution in [2.24, 2.45) is 5.41 Å². The molecule has 4 nitrogen and oxygen atoms in total. The van der Waals surface area contributed by atoms with Crippen molar-refractivity contribution in [3.8, 4) is 67.5 Å².